The smallest absolute Gasteiger partial charge is 0.315 e. The molecule has 80 valence electrons. The van der Waals surface area contributed by atoms with Crippen molar-refractivity contribution < 1.29 is 9.59 Å². The Morgan fingerprint density at radius 2 is 2.36 bits per heavy atom. The van der Waals surface area contributed by atoms with Crippen LogP contribution >= 0.6 is 0 Å². The molecule has 0 spiro atoms. The van der Waals surface area contributed by atoms with Crippen LogP contribution in [-0.2, 0) is 4.79 Å². The first-order valence-electron chi connectivity index (χ1n) is 4.89. The summed E-state index contributed by atoms with van der Waals surface area (Å²) in [6, 6.07) is 0.175. The molecule has 1 fully saturated rings. The number of likely N-dealkylation sites (N-methyl/N-ethyl adjacent to an activating group) is 1. The minimum absolute atomic E-state index is 0.0757. The maximum atomic E-state index is 11.1. The van der Waals surface area contributed by atoms with E-state index in [1.165, 1.54) is 6.42 Å². The minimum atomic E-state index is -0.266. The van der Waals surface area contributed by atoms with E-state index in [-0.39, 0.29) is 12.6 Å². The topological polar surface area (TPSA) is 61.4 Å². The Balaban J connectivity index is 2.13. The molecule has 5 nitrogen and oxygen atoms in total. The molecule has 0 aromatic carbocycles. The standard InChI is InChI=1S/C9H17N3O2/c1-12-5-2-3-8(12)7-11-9(14)10-4-6-13/h6,8H,2-5,7H2,1H3,(H2,10,11,14). The molecule has 2 amide bonds. The Morgan fingerprint density at radius 3 is 2.93 bits per heavy atom. The second-order valence-corrected chi connectivity index (χ2v) is 3.53. The first-order chi connectivity index (χ1) is 6.74. The van der Waals surface area contributed by atoms with Gasteiger partial charge in [0.05, 0.1) is 6.54 Å². The van der Waals surface area contributed by atoms with Crippen molar-refractivity contribution in [1.82, 2.24) is 15.5 Å². The molecular weight excluding hydrogens is 182 g/mol. The molecule has 1 unspecified atom stereocenters. The lowest BCUT2D eigenvalue weighted by Crippen LogP contribution is -2.43. The van der Waals surface area contributed by atoms with Gasteiger partial charge in [-0.05, 0) is 26.4 Å². The van der Waals surface area contributed by atoms with E-state index < -0.39 is 0 Å². The summed E-state index contributed by atoms with van der Waals surface area (Å²) < 4.78 is 0. The zero-order valence-electron chi connectivity index (χ0n) is 8.45. The van der Waals surface area contributed by atoms with Crippen LogP contribution in [0.1, 0.15) is 12.8 Å². The molecule has 1 aliphatic heterocycles. The first-order valence-corrected chi connectivity index (χ1v) is 4.89. The van der Waals surface area contributed by atoms with E-state index >= 15 is 0 Å². The van der Waals surface area contributed by atoms with Gasteiger partial charge in [0.15, 0.2) is 0 Å². The highest BCUT2D eigenvalue weighted by Crippen LogP contribution is 2.13. The summed E-state index contributed by atoms with van der Waals surface area (Å²) in [5.41, 5.74) is 0. The number of nitrogens with zero attached hydrogens (tertiary/aromatic N) is 1. The van der Waals surface area contributed by atoms with E-state index in [4.69, 9.17) is 0 Å². The Kier molecular flexibility index (Phi) is 4.39. The van der Waals surface area contributed by atoms with Gasteiger partial charge in [-0.3, -0.25) is 0 Å². The molecule has 1 aliphatic rings. The molecule has 0 bridgehead atoms. The van der Waals surface area contributed by atoms with E-state index in [9.17, 15) is 9.59 Å². The molecule has 1 rings (SSSR count). The van der Waals surface area contributed by atoms with Crippen molar-refractivity contribution in [2.24, 2.45) is 0 Å². The maximum absolute atomic E-state index is 11.1. The summed E-state index contributed by atoms with van der Waals surface area (Å²) in [7, 11) is 2.06. The molecule has 1 saturated heterocycles. The van der Waals surface area contributed by atoms with E-state index in [0.717, 1.165) is 13.0 Å². The van der Waals surface area contributed by atoms with Gasteiger partial charge in [-0.1, -0.05) is 0 Å². The van der Waals surface area contributed by atoms with Gasteiger partial charge in [-0.2, -0.15) is 0 Å². The van der Waals surface area contributed by atoms with Crippen LogP contribution in [0.4, 0.5) is 4.79 Å². The Labute approximate surface area is 83.8 Å². The van der Waals surface area contributed by atoms with Crippen LogP contribution in [0.5, 0.6) is 0 Å². The van der Waals surface area contributed by atoms with Crippen LogP contribution in [0.25, 0.3) is 0 Å². The lowest BCUT2D eigenvalue weighted by Gasteiger charge is -2.19. The number of nitrogens with one attached hydrogen (secondary N) is 2. The fraction of sp³-hybridized carbons (Fsp3) is 0.778. The van der Waals surface area contributed by atoms with Crippen LogP contribution in [-0.4, -0.2) is 49.9 Å². The molecule has 0 aromatic rings. The fourth-order valence-electron chi connectivity index (χ4n) is 1.64. The predicted octanol–water partition coefficient (Wildman–Crippen LogP) is -0.421. The lowest BCUT2D eigenvalue weighted by molar-refractivity contribution is -0.107. The van der Waals surface area contributed by atoms with Crippen molar-refractivity contribution >= 4 is 12.3 Å². The number of rotatable bonds is 4. The highest BCUT2D eigenvalue weighted by Gasteiger charge is 2.20. The van der Waals surface area contributed by atoms with E-state index in [1.54, 1.807) is 0 Å². The predicted molar refractivity (Wildman–Crippen MR) is 53.1 cm³/mol. The molecule has 0 saturated carbocycles. The number of amides is 2. The van der Waals surface area contributed by atoms with Gasteiger partial charge in [0.2, 0.25) is 0 Å². The summed E-state index contributed by atoms with van der Waals surface area (Å²) in [6.45, 7) is 1.83. The number of hydrogen-bond acceptors (Lipinski definition) is 3. The van der Waals surface area contributed by atoms with Crippen molar-refractivity contribution in [3.8, 4) is 0 Å². The third-order valence-corrected chi connectivity index (χ3v) is 2.52. The van der Waals surface area contributed by atoms with E-state index in [0.29, 0.717) is 18.9 Å². The van der Waals surface area contributed by atoms with Crippen molar-refractivity contribution in [2.45, 2.75) is 18.9 Å². The van der Waals surface area contributed by atoms with E-state index in [2.05, 4.69) is 22.6 Å². The van der Waals surface area contributed by atoms with Gasteiger partial charge < -0.3 is 20.3 Å². The summed E-state index contributed by atoms with van der Waals surface area (Å²) >= 11 is 0. The molecule has 1 heterocycles. The van der Waals surface area contributed by atoms with Gasteiger partial charge in [0.25, 0.3) is 0 Å². The van der Waals surface area contributed by atoms with Crippen LogP contribution in [0.3, 0.4) is 0 Å². The number of carbonyl (C=O) groups is 2. The third-order valence-electron chi connectivity index (χ3n) is 2.52. The molecule has 0 aliphatic carbocycles. The Bertz CT molecular complexity index is 208. The quantitative estimate of drug-likeness (QED) is 0.604. The molecule has 1 atom stereocenters. The van der Waals surface area contributed by atoms with Crippen molar-refractivity contribution in [1.29, 1.82) is 0 Å². The molecular formula is C9H17N3O2. The monoisotopic (exact) mass is 199 g/mol. The number of carbonyl (C=O) groups excluding carboxylic acids is 2. The average molecular weight is 199 g/mol. The SMILES string of the molecule is CN1CCCC1CNC(=O)NCC=O. The average Bonchev–Trinajstić information content (AvgIpc) is 2.58. The summed E-state index contributed by atoms with van der Waals surface area (Å²) in [6.07, 6.45) is 2.99. The molecule has 0 aromatic heterocycles. The van der Waals surface area contributed by atoms with Crippen LogP contribution < -0.4 is 10.6 Å². The van der Waals surface area contributed by atoms with E-state index in [1.807, 2.05) is 0 Å². The normalized spacial score (nSPS) is 21.9. The second-order valence-electron chi connectivity index (χ2n) is 3.53. The van der Waals surface area contributed by atoms with Crippen molar-refractivity contribution in [3.63, 3.8) is 0 Å². The molecule has 14 heavy (non-hydrogen) atoms. The van der Waals surface area contributed by atoms with Crippen molar-refractivity contribution in [2.75, 3.05) is 26.7 Å². The highest BCUT2D eigenvalue weighted by atomic mass is 16.2. The zero-order chi connectivity index (χ0) is 10.4. The third kappa shape index (κ3) is 3.33. The fourth-order valence-corrected chi connectivity index (χ4v) is 1.64. The summed E-state index contributed by atoms with van der Waals surface area (Å²) in [4.78, 5) is 23.3. The molecule has 2 N–H and O–H groups in total. The number of hydrogen-bond donors (Lipinski definition) is 2. The van der Waals surface area contributed by atoms with Crippen LogP contribution in [0, 0.1) is 0 Å². The second kappa shape index (κ2) is 5.59. The Morgan fingerprint density at radius 1 is 1.57 bits per heavy atom. The van der Waals surface area contributed by atoms with Gasteiger partial charge in [0, 0.05) is 12.6 Å². The summed E-state index contributed by atoms with van der Waals surface area (Å²) in [5, 5.41) is 5.17. The van der Waals surface area contributed by atoms with Crippen LogP contribution in [0.2, 0.25) is 0 Å². The van der Waals surface area contributed by atoms with Gasteiger partial charge >= 0.3 is 6.03 Å². The van der Waals surface area contributed by atoms with Gasteiger partial charge in [-0.15, -0.1) is 0 Å². The number of urea groups is 1. The highest BCUT2D eigenvalue weighted by molar-refractivity contribution is 5.76. The molecule has 5 heteroatoms. The maximum Gasteiger partial charge on any atom is 0.315 e. The first kappa shape index (κ1) is 11.0. The number of likely N-dealkylation sites (tertiary alicyclic amines) is 1. The van der Waals surface area contributed by atoms with Crippen LogP contribution in [0.15, 0.2) is 0 Å². The zero-order valence-corrected chi connectivity index (χ0v) is 8.45. The van der Waals surface area contributed by atoms with Gasteiger partial charge in [0.1, 0.15) is 6.29 Å². The lowest BCUT2D eigenvalue weighted by atomic mass is 10.2. The number of aldehydes is 1. The molecule has 0 radical (unpaired) electrons. The van der Waals surface area contributed by atoms with Gasteiger partial charge in [-0.25, -0.2) is 4.79 Å². The van der Waals surface area contributed by atoms with Crippen molar-refractivity contribution in [3.05, 3.63) is 0 Å². The largest absolute Gasteiger partial charge is 0.337 e. The Hall–Kier alpha value is -1.10. The minimum Gasteiger partial charge on any atom is -0.337 e. The summed E-state index contributed by atoms with van der Waals surface area (Å²) in [5.74, 6) is 0.